The number of amides is 2. The highest BCUT2D eigenvalue weighted by Crippen LogP contribution is 2.21. The van der Waals surface area contributed by atoms with Crippen LogP contribution in [-0.4, -0.2) is 30.1 Å². The Kier molecular flexibility index (Phi) is 5.92. The van der Waals surface area contributed by atoms with Crippen molar-refractivity contribution in [3.63, 3.8) is 0 Å². The van der Waals surface area contributed by atoms with Crippen molar-refractivity contribution < 1.29 is 4.79 Å². The molecule has 0 saturated heterocycles. The Morgan fingerprint density at radius 1 is 1.39 bits per heavy atom. The van der Waals surface area contributed by atoms with E-state index in [-0.39, 0.29) is 12.1 Å². The van der Waals surface area contributed by atoms with Gasteiger partial charge in [0.25, 0.3) is 0 Å². The number of aryl methyl sites for hydroxylation is 1. The van der Waals surface area contributed by atoms with E-state index in [4.69, 9.17) is 0 Å². The quantitative estimate of drug-likeness (QED) is 0.853. The maximum atomic E-state index is 12.1. The van der Waals surface area contributed by atoms with Gasteiger partial charge in [-0.1, -0.05) is 13.0 Å². The van der Waals surface area contributed by atoms with Gasteiger partial charge in [0.2, 0.25) is 5.95 Å². The average Bonchev–Trinajstić information content (AvgIpc) is 3.04. The molecule has 6 nitrogen and oxygen atoms in total. The van der Waals surface area contributed by atoms with Crippen LogP contribution in [0.1, 0.15) is 35.7 Å². The molecule has 2 amide bonds. The van der Waals surface area contributed by atoms with Crippen LogP contribution in [0, 0.1) is 6.92 Å². The number of carbonyl (C=O) groups is 1. The lowest BCUT2D eigenvalue weighted by molar-refractivity contribution is 0.236. The SMILES string of the molecule is CCC(NC(=O)NCc1cc(C)nc(N(C)C)n1)c1cccs1. The molecule has 0 aliphatic rings. The highest BCUT2D eigenvalue weighted by molar-refractivity contribution is 7.10. The molecule has 0 bridgehead atoms. The summed E-state index contributed by atoms with van der Waals surface area (Å²) in [4.78, 5) is 23.9. The Balaban J connectivity index is 1.94. The molecule has 0 fully saturated rings. The van der Waals surface area contributed by atoms with E-state index in [9.17, 15) is 4.79 Å². The number of hydrogen-bond donors (Lipinski definition) is 2. The predicted octanol–water partition coefficient (Wildman–Crippen LogP) is 2.86. The van der Waals surface area contributed by atoms with E-state index < -0.39 is 0 Å². The third kappa shape index (κ3) is 4.92. The zero-order chi connectivity index (χ0) is 16.8. The van der Waals surface area contributed by atoms with Gasteiger partial charge in [0.1, 0.15) is 0 Å². The first-order valence-electron chi connectivity index (χ1n) is 7.59. The molecule has 7 heteroatoms. The third-order valence-corrected chi connectivity index (χ3v) is 4.31. The smallest absolute Gasteiger partial charge is 0.315 e. The molecular weight excluding hydrogens is 310 g/mol. The number of carbonyl (C=O) groups excluding carboxylic acids is 1. The maximum Gasteiger partial charge on any atom is 0.315 e. The minimum absolute atomic E-state index is 0.0412. The summed E-state index contributed by atoms with van der Waals surface area (Å²) in [5.41, 5.74) is 1.67. The zero-order valence-electron chi connectivity index (χ0n) is 14.0. The number of urea groups is 1. The number of thiophene rings is 1. The molecule has 1 unspecified atom stereocenters. The molecule has 2 N–H and O–H groups in total. The molecular formula is C16H23N5OS. The Labute approximate surface area is 141 Å². The van der Waals surface area contributed by atoms with Gasteiger partial charge in [-0.25, -0.2) is 14.8 Å². The Morgan fingerprint density at radius 2 is 2.17 bits per heavy atom. The van der Waals surface area contributed by atoms with E-state index in [2.05, 4.69) is 27.5 Å². The maximum absolute atomic E-state index is 12.1. The molecule has 2 aromatic rings. The largest absolute Gasteiger partial charge is 0.347 e. The topological polar surface area (TPSA) is 70.2 Å². The summed E-state index contributed by atoms with van der Waals surface area (Å²) in [6, 6.07) is 5.77. The molecule has 2 heterocycles. The second-order valence-electron chi connectivity index (χ2n) is 5.50. The number of aromatic nitrogens is 2. The molecule has 0 aliphatic carbocycles. The van der Waals surface area contributed by atoms with Crippen molar-refractivity contribution in [2.45, 2.75) is 32.9 Å². The van der Waals surface area contributed by atoms with Crippen molar-refractivity contribution in [2.24, 2.45) is 0 Å². The van der Waals surface area contributed by atoms with E-state index in [1.807, 2.05) is 49.5 Å². The van der Waals surface area contributed by atoms with Crippen molar-refractivity contribution in [2.75, 3.05) is 19.0 Å². The number of nitrogens with zero attached hydrogens (tertiary/aromatic N) is 3. The van der Waals surface area contributed by atoms with Crippen LogP contribution in [0.3, 0.4) is 0 Å². The summed E-state index contributed by atoms with van der Waals surface area (Å²) in [6.07, 6.45) is 0.853. The fourth-order valence-electron chi connectivity index (χ4n) is 2.15. The lowest BCUT2D eigenvalue weighted by Gasteiger charge is -2.16. The van der Waals surface area contributed by atoms with Crippen molar-refractivity contribution in [1.29, 1.82) is 0 Å². The number of nitrogens with one attached hydrogen (secondary N) is 2. The fourth-order valence-corrected chi connectivity index (χ4v) is 3.01. The highest BCUT2D eigenvalue weighted by Gasteiger charge is 2.13. The number of hydrogen-bond acceptors (Lipinski definition) is 5. The van der Waals surface area contributed by atoms with Crippen molar-refractivity contribution in [3.8, 4) is 0 Å². The van der Waals surface area contributed by atoms with Gasteiger partial charge in [0.15, 0.2) is 0 Å². The van der Waals surface area contributed by atoms with Crippen LogP contribution in [-0.2, 0) is 6.54 Å². The Hall–Kier alpha value is -2.15. The number of rotatable bonds is 6. The molecule has 0 saturated carbocycles. The van der Waals surface area contributed by atoms with E-state index in [0.717, 1.165) is 22.7 Å². The van der Waals surface area contributed by atoms with E-state index in [0.29, 0.717) is 12.5 Å². The second kappa shape index (κ2) is 7.92. The van der Waals surface area contributed by atoms with Crippen LogP contribution in [0.2, 0.25) is 0 Å². The minimum atomic E-state index is -0.187. The fraction of sp³-hybridized carbons (Fsp3) is 0.438. The van der Waals surface area contributed by atoms with Gasteiger partial charge in [-0.3, -0.25) is 0 Å². The predicted molar refractivity (Wildman–Crippen MR) is 93.8 cm³/mol. The lowest BCUT2D eigenvalue weighted by Crippen LogP contribution is -2.37. The molecule has 1 atom stereocenters. The first kappa shape index (κ1) is 17.2. The van der Waals surface area contributed by atoms with Gasteiger partial charge in [-0.15, -0.1) is 11.3 Å². The monoisotopic (exact) mass is 333 g/mol. The summed E-state index contributed by atoms with van der Waals surface area (Å²) in [7, 11) is 3.79. The van der Waals surface area contributed by atoms with Crippen molar-refractivity contribution in [3.05, 3.63) is 39.8 Å². The summed E-state index contributed by atoms with van der Waals surface area (Å²) >= 11 is 1.65. The van der Waals surface area contributed by atoms with Crippen LogP contribution in [0.5, 0.6) is 0 Å². The van der Waals surface area contributed by atoms with Gasteiger partial charge >= 0.3 is 6.03 Å². The molecule has 124 valence electrons. The van der Waals surface area contributed by atoms with Gasteiger partial charge in [-0.05, 0) is 30.9 Å². The lowest BCUT2D eigenvalue weighted by atomic mass is 10.2. The molecule has 23 heavy (non-hydrogen) atoms. The van der Waals surface area contributed by atoms with Gasteiger partial charge in [0.05, 0.1) is 18.3 Å². The summed E-state index contributed by atoms with van der Waals surface area (Å²) < 4.78 is 0. The zero-order valence-corrected chi connectivity index (χ0v) is 14.8. The summed E-state index contributed by atoms with van der Waals surface area (Å²) in [5.74, 6) is 0.646. The normalized spacial score (nSPS) is 11.8. The molecule has 0 aromatic carbocycles. The highest BCUT2D eigenvalue weighted by atomic mass is 32.1. The van der Waals surface area contributed by atoms with E-state index in [1.165, 1.54) is 0 Å². The Bertz CT molecular complexity index is 642. The molecule has 2 aromatic heterocycles. The van der Waals surface area contributed by atoms with E-state index in [1.54, 1.807) is 11.3 Å². The molecule has 0 spiro atoms. The minimum Gasteiger partial charge on any atom is -0.347 e. The summed E-state index contributed by atoms with van der Waals surface area (Å²) in [6.45, 7) is 4.35. The van der Waals surface area contributed by atoms with Crippen LogP contribution in [0.4, 0.5) is 10.7 Å². The standard InChI is InChI=1S/C16H23N5OS/c1-5-13(14-7-6-8-23-14)20-16(22)17-10-12-9-11(2)18-15(19-12)21(3)4/h6-9,13H,5,10H2,1-4H3,(H2,17,20,22). The Morgan fingerprint density at radius 3 is 2.78 bits per heavy atom. The van der Waals surface area contributed by atoms with Gasteiger partial charge in [-0.2, -0.15) is 0 Å². The van der Waals surface area contributed by atoms with Gasteiger partial charge < -0.3 is 15.5 Å². The molecule has 0 aliphatic heterocycles. The average molecular weight is 333 g/mol. The van der Waals surface area contributed by atoms with E-state index >= 15 is 0 Å². The first-order chi connectivity index (χ1) is 11.0. The van der Waals surface area contributed by atoms with Gasteiger partial charge in [0, 0.05) is 24.7 Å². The van der Waals surface area contributed by atoms with Crippen molar-refractivity contribution >= 4 is 23.3 Å². The first-order valence-corrected chi connectivity index (χ1v) is 8.47. The molecule has 0 radical (unpaired) electrons. The third-order valence-electron chi connectivity index (χ3n) is 3.33. The van der Waals surface area contributed by atoms with Crippen LogP contribution >= 0.6 is 11.3 Å². The molecule has 2 rings (SSSR count). The van der Waals surface area contributed by atoms with Crippen LogP contribution < -0.4 is 15.5 Å². The van der Waals surface area contributed by atoms with Crippen molar-refractivity contribution in [1.82, 2.24) is 20.6 Å². The second-order valence-corrected chi connectivity index (χ2v) is 6.48. The number of anilines is 1. The van der Waals surface area contributed by atoms with Crippen LogP contribution in [0.15, 0.2) is 23.6 Å². The summed E-state index contributed by atoms with van der Waals surface area (Å²) in [5, 5.41) is 7.88. The van der Waals surface area contributed by atoms with Crippen LogP contribution in [0.25, 0.3) is 0 Å².